The van der Waals surface area contributed by atoms with E-state index < -0.39 is 0 Å². The summed E-state index contributed by atoms with van der Waals surface area (Å²) in [5.41, 5.74) is 0. The van der Waals surface area contributed by atoms with E-state index in [1.165, 1.54) is 0 Å². The van der Waals surface area contributed by atoms with Crippen LogP contribution in [0.3, 0.4) is 0 Å². The van der Waals surface area contributed by atoms with Gasteiger partial charge in [0, 0.05) is 26.7 Å². The molecular weight excluding hydrogens is 180 g/mol. The van der Waals surface area contributed by atoms with Crippen LogP contribution in [0.15, 0.2) is 0 Å². The molecule has 0 radical (unpaired) electrons. The van der Waals surface area contributed by atoms with E-state index in [1.54, 1.807) is 4.90 Å². The van der Waals surface area contributed by atoms with Crippen molar-refractivity contribution >= 4 is 5.91 Å². The molecule has 1 amide bonds. The topological polar surface area (TPSA) is 43.8 Å². The fraction of sp³-hybridized carbons (Fsp3) is 0.900. The fourth-order valence-electron chi connectivity index (χ4n) is 2.40. The zero-order valence-corrected chi connectivity index (χ0v) is 8.65. The first-order chi connectivity index (χ1) is 6.68. The first-order valence-electron chi connectivity index (χ1n) is 5.35. The second-order valence-electron chi connectivity index (χ2n) is 4.36. The van der Waals surface area contributed by atoms with Gasteiger partial charge in [-0.1, -0.05) is 0 Å². The summed E-state index contributed by atoms with van der Waals surface area (Å²) in [7, 11) is 1.86. The van der Waals surface area contributed by atoms with Gasteiger partial charge in [0.1, 0.15) is 0 Å². The number of carbonyl (C=O) groups is 1. The molecule has 0 aliphatic carbocycles. The van der Waals surface area contributed by atoms with Gasteiger partial charge in [0.15, 0.2) is 0 Å². The van der Waals surface area contributed by atoms with Gasteiger partial charge in [-0.25, -0.2) is 0 Å². The van der Waals surface area contributed by atoms with Crippen LogP contribution in [0.25, 0.3) is 0 Å². The maximum absolute atomic E-state index is 11.8. The second-order valence-corrected chi connectivity index (χ2v) is 4.36. The van der Waals surface area contributed by atoms with Crippen LogP contribution in [0.5, 0.6) is 0 Å². The third kappa shape index (κ3) is 1.77. The van der Waals surface area contributed by atoms with Gasteiger partial charge in [0.2, 0.25) is 5.91 Å². The number of likely N-dealkylation sites (N-methyl/N-ethyl adjacent to an activating group) is 1. The maximum atomic E-state index is 11.8. The number of piperidine rings is 1. The number of aliphatic hydroxyl groups is 1. The van der Waals surface area contributed by atoms with Crippen LogP contribution in [0.2, 0.25) is 0 Å². The molecule has 2 atom stereocenters. The molecule has 2 rings (SSSR count). The third-order valence-corrected chi connectivity index (χ3v) is 3.27. The minimum atomic E-state index is -0.227. The Morgan fingerprint density at radius 3 is 2.79 bits per heavy atom. The van der Waals surface area contributed by atoms with Crippen LogP contribution in [-0.2, 0) is 4.79 Å². The van der Waals surface area contributed by atoms with Gasteiger partial charge in [-0.05, 0) is 19.3 Å². The highest BCUT2D eigenvalue weighted by Crippen LogP contribution is 2.20. The lowest BCUT2D eigenvalue weighted by atomic mass is 10.0. The molecule has 0 aromatic heterocycles. The maximum Gasteiger partial charge on any atom is 0.239 e. The Balaban J connectivity index is 1.99. The van der Waals surface area contributed by atoms with Gasteiger partial charge in [0.25, 0.3) is 0 Å². The van der Waals surface area contributed by atoms with E-state index in [4.69, 9.17) is 0 Å². The first kappa shape index (κ1) is 9.93. The van der Waals surface area contributed by atoms with Crippen molar-refractivity contribution in [2.75, 3.05) is 26.7 Å². The highest BCUT2D eigenvalue weighted by Gasteiger charge is 2.34. The van der Waals surface area contributed by atoms with Crippen LogP contribution in [0, 0.1) is 0 Å². The van der Waals surface area contributed by atoms with Crippen molar-refractivity contribution < 1.29 is 9.90 Å². The molecule has 0 aromatic rings. The van der Waals surface area contributed by atoms with Gasteiger partial charge in [0.05, 0.1) is 12.1 Å². The molecule has 0 unspecified atom stereocenters. The Hall–Kier alpha value is -0.610. The number of aliphatic hydroxyl groups excluding tert-OH is 1. The highest BCUT2D eigenvalue weighted by molar-refractivity contribution is 5.82. The zero-order valence-electron chi connectivity index (χ0n) is 8.65. The summed E-state index contributed by atoms with van der Waals surface area (Å²) in [4.78, 5) is 15.8. The van der Waals surface area contributed by atoms with Crippen molar-refractivity contribution in [1.29, 1.82) is 0 Å². The Morgan fingerprint density at radius 2 is 2.14 bits per heavy atom. The largest absolute Gasteiger partial charge is 0.392 e. The second kappa shape index (κ2) is 3.87. The average molecular weight is 198 g/mol. The predicted octanol–water partition coefficient (Wildman–Crippen LogP) is -0.326. The molecule has 0 aromatic carbocycles. The first-order valence-corrected chi connectivity index (χ1v) is 5.35. The van der Waals surface area contributed by atoms with Crippen molar-refractivity contribution in [2.24, 2.45) is 0 Å². The quantitative estimate of drug-likeness (QED) is 0.627. The van der Waals surface area contributed by atoms with Gasteiger partial charge < -0.3 is 10.0 Å². The van der Waals surface area contributed by atoms with Crippen molar-refractivity contribution in [3.8, 4) is 0 Å². The van der Waals surface area contributed by atoms with Gasteiger partial charge in [-0.3, -0.25) is 9.69 Å². The molecule has 4 nitrogen and oxygen atoms in total. The zero-order chi connectivity index (χ0) is 10.1. The lowest BCUT2D eigenvalue weighted by molar-refractivity contribution is -0.138. The van der Waals surface area contributed by atoms with Crippen LogP contribution < -0.4 is 0 Å². The minimum Gasteiger partial charge on any atom is -0.392 e. The predicted molar refractivity (Wildman–Crippen MR) is 52.9 cm³/mol. The number of β-amino-alcohol motifs (C(OH)–C–C–N with tert-alkyl or cyclic N) is 1. The summed E-state index contributed by atoms with van der Waals surface area (Å²) in [6.07, 6.45) is 2.62. The summed E-state index contributed by atoms with van der Waals surface area (Å²) in [6, 6.07) is 0.0332. The number of hydrogen-bond donors (Lipinski definition) is 1. The molecule has 14 heavy (non-hydrogen) atoms. The summed E-state index contributed by atoms with van der Waals surface area (Å²) in [6.45, 7) is 2.42. The number of amides is 1. The van der Waals surface area contributed by atoms with Crippen LogP contribution >= 0.6 is 0 Å². The average Bonchev–Trinajstić information content (AvgIpc) is 2.57. The van der Waals surface area contributed by atoms with E-state index in [2.05, 4.69) is 4.90 Å². The number of nitrogens with zero attached hydrogens (tertiary/aromatic N) is 2. The Morgan fingerprint density at radius 1 is 1.36 bits per heavy atom. The molecule has 2 aliphatic rings. The summed E-state index contributed by atoms with van der Waals surface area (Å²) < 4.78 is 0. The highest BCUT2D eigenvalue weighted by atomic mass is 16.3. The van der Waals surface area contributed by atoms with E-state index in [9.17, 15) is 9.90 Å². The molecule has 80 valence electrons. The molecule has 2 aliphatic heterocycles. The lowest BCUT2D eigenvalue weighted by Crippen LogP contribution is -2.50. The minimum absolute atomic E-state index is 0.0332. The number of carbonyl (C=O) groups excluding carboxylic acids is 1. The SMILES string of the molecule is CN1CCC[C@@H](N2CC[C@@H](O)C2)C1=O. The van der Waals surface area contributed by atoms with Crippen LogP contribution in [0.4, 0.5) is 0 Å². The van der Waals surface area contributed by atoms with Crippen molar-refractivity contribution in [3.05, 3.63) is 0 Å². The fourth-order valence-corrected chi connectivity index (χ4v) is 2.40. The Kier molecular flexibility index (Phi) is 2.74. The lowest BCUT2D eigenvalue weighted by Gasteiger charge is -2.34. The van der Waals surface area contributed by atoms with E-state index in [0.717, 1.165) is 32.4 Å². The Labute approximate surface area is 84.5 Å². The number of likely N-dealkylation sites (tertiary alicyclic amines) is 2. The summed E-state index contributed by atoms with van der Waals surface area (Å²) in [5.74, 6) is 0.227. The molecule has 0 spiro atoms. The van der Waals surface area contributed by atoms with Crippen LogP contribution in [0.1, 0.15) is 19.3 Å². The van der Waals surface area contributed by atoms with Gasteiger partial charge in [-0.15, -0.1) is 0 Å². The monoisotopic (exact) mass is 198 g/mol. The number of rotatable bonds is 1. The smallest absolute Gasteiger partial charge is 0.239 e. The normalized spacial score (nSPS) is 35.3. The number of hydrogen-bond acceptors (Lipinski definition) is 3. The molecule has 2 fully saturated rings. The molecule has 0 saturated carbocycles. The van der Waals surface area contributed by atoms with Crippen LogP contribution in [-0.4, -0.2) is 59.6 Å². The van der Waals surface area contributed by atoms with E-state index in [-0.39, 0.29) is 18.1 Å². The standard InChI is InChI=1S/C10H18N2O2/c1-11-5-2-3-9(10(11)14)12-6-4-8(13)7-12/h8-9,13H,2-7H2,1H3/t8-,9-/m1/s1. The molecule has 0 bridgehead atoms. The van der Waals surface area contributed by atoms with Crippen molar-refractivity contribution in [3.63, 3.8) is 0 Å². The molecule has 2 saturated heterocycles. The van der Waals surface area contributed by atoms with Gasteiger partial charge in [-0.2, -0.15) is 0 Å². The molecule has 1 N–H and O–H groups in total. The Bertz CT molecular complexity index is 232. The van der Waals surface area contributed by atoms with E-state index in [1.807, 2.05) is 7.05 Å². The van der Waals surface area contributed by atoms with E-state index >= 15 is 0 Å². The molecular formula is C10H18N2O2. The van der Waals surface area contributed by atoms with Crippen molar-refractivity contribution in [2.45, 2.75) is 31.4 Å². The van der Waals surface area contributed by atoms with Crippen molar-refractivity contribution in [1.82, 2.24) is 9.80 Å². The molecule has 4 heteroatoms. The summed E-state index contributed by atoms with van der Waals surface area (Å²) >= 11 is 0. The van der Waals surface area contributed by atoms with Gasteiger partial charge >= 0.3 is 0 Å². The molecule has 2 heterocycles. The summed E-state index contributed by atoms with van der Waals surface area (Å²) in [5, 5.41) is 9.42. The van der Waals surface area contributed by atoms with E-state index in [0.29, 0.717) is 6.54 Å². The third-order valence-electron chi connectivity index (χ3n) is 3.27.